The molecule has 0 aliphatic carbocycles. The summed E-state index contributed by atoms with van der Waals surface area (Å²) in [5.41, 5.74) is 1.90. The second kappa shape index (κ2) is 6.30. The van der Waals surface area contributed by atoms with Gasteiger partial charge in [-0.15, -0.1) is 10.2 Å². The quantitative estimate of drug-likeness (QED) is 0.798. The Balaban J connectivity index is 1.62. The van der Waals surface area contributed by atoms with Crippen molar-refractivity contribution in [1.29, 1.82) is 0 Å². The SMILES string of the molecule is Cc1cccc(-c2nnc(COC(=O)C3=COCCO3)o2)c1. The lowest BCUT2D eigenvalue weighted by atomic mass is 10.1. The van der Waals surface area contributed by atoms with Gasteiger partial charge < -0.3 is 18.6 Å². The van der Waals surface area contributed by atoms with E-state index < -0.39 is 5.97 Å². The number of rotatable bonds is 4. The highest BCUT2D eigenvalue weighted by molar-refractivity contribution is 5.85. The predicted octanol–water partition coefficient (Wildman–Crippen LogP) is 1.98. The Morgan fingerprint density at radius 2 is 2.23 bits per heavy atom. The molecule has 1 aliphatic heterocycles. The number of aryl methyl sites for hydroxylation is 1. The number of hydrogen-bond acceptors (Lipinski definition) is 7. The molecule has 0 saturated carbocycles. The van der Waals surface area contributed by atoms with Crippen LogP contribution in [0.2, 0.25) is 0 Å². The topological polar surface area (TPSA) is 83.7 Å². The Bertz CT molecular complexity index is 707. The third kappa shape index (κ3) is 3.25. The minimum atomic E-state index is -0.630. The predicted molar refractivity (Wildman–Crippen MR) is 74.3 cm³/mol. The highest BCUT2D eigenvalue weighted by Gasteiger charge is 2.18. The standard InChI is InChI=1S/C15H14N2O5/c1-10-3-2-4-11(7-10)14-17-16-13(22-14)9-21-15(18)12-8-19-5-6-20-12/h2-4,7-8H,5-6,9H2,1H3. The summed E-state index contributed by atoms with van der Waals surface area (Å²) >= 11 is 0. The average molecular weight is 302 g/mol. The maximum atomic E-state index is 11.7. The molecule has 2 aromatic rings. The van der Waals surface area contributed by atoms with E-state index in [2.05, 4.69) is 10.2 Å². The van der Waals surface area contributed by atoms with Gasteiger partial charge in [-0.3, -0.25) is 0 Å². The molecule has 0 radical (unpaired) electrons. The van der Waals surface area contributed by atoms with Crippen LogP contribution in [0, 0.1) is 6.92 Å². The van der Waals surface area contributed by atoms with Gasteiger partial charge in [0, 0.05) is 5.56 Å². The van der Waals surface area contributed by atoms with Crippen molar-refractivity contribution in [3.63, 3.8) is 0 Å². The van der Waals surface area contributed by atoms with Gasteiger partial charge in [0.1, 0.15) is 19.5 Å². The van der Waals surface area contributed by atoms with Crippen LogP contribution >= 0.6 is 0 Å². The van der Waals surface area contributed by atoms with Gasteiger partial charge in [0.15, 0.2) is 6.61 Å². The molecule has 114 valence electrons. The van der Waals surface area contributed by atoms with E-state index in [0.29, 0.717) is 19.1 Å². The number of benzene rings is 1. The lowest BCUT2D eigenvalue weighted by Crippen LogP contribution is -2.17. The van der Waals surface area contributed by atoms with Gasteiger partial charge in [-0.2, -0.15) is 0 Å². The van der Waals surface area contributed by atoms with Crippen LogP contribution in [0.3, 0.4) is 0 Å². The second-order valence-electron chi connectivity index (χ2n) is 4.65. The molecule has 2 heterocycles. The molecule has 0 bridgehead atoms. The Hall–Kier alpha value is -2.83. The molecule has 1 aromatic carbocycles. The summed E-state index contributed by atoms with van der Waals surface area (Å²) in [5, 5.41) is 7.79. The minimum absolute atomic E-state index is 0.0321. The van der Waals surface area contributed by atoms with Crippen LogP contribution in [0.25, 0.3) is 11.5 Å². The molecular formula is C15H14N2O5. The van der Waals surface area contributed by atoms with Crippen molar-refractivity contribution in [3.05, 3.63) is 47.7 Å². The first kappa shape index (κ1) is 14.1. The third-order valence-electron chi connectivity index (χ3n) is 2.91. The molecule has 0 spiro atoms. The molecule has 0 atom stereocenters. The molecule has 0 saturated heterocycles. The van der Waals surface area contributed by atoms with Gasteiger partial charge >= 0.3 is 5.97 Å². The van der Waals surface area contributed by atoms with Crippen LogP contribution in [0.4, 0.5) is 0 Å². The minimum Gasteiger partial charge on any atom is -0.493 e. The zero-order valence-electron chi connectivity index (χ0n) is 11.9. The largest absolute Gasteiger partial charge is 0.493 e. The van der Waals surface area contributed by atoms with Crippen molar-refractivity contribution in [2.45, 2.75) is 13.5 Å². The zero-order valence-corrected chi connectivity index (χ0v) is 11.9. The fourth-order valence-corrected chi connectivity index (χ4v) is 1.88. The number of aromatic nitrogens is 2. The van der Waals surface area contributed by atoms with Gasteiger partial charge in [-0.1, -0.05) is 17.7 Å². The van der Waals surface area contributed by atoms with Gasteiger partial charge in [0.25, 0.3) is 5.89 Å². The lowest BCUT2D eigenvalue weighted by molar-refractivity contribution is -0.146. The molecule has 0 unspecified atom stereocenters. The van der Waals surface area contributed by atoms with Crippen molar-refractivity contribution >= 4 is 5.97 Å². The van der Waals surface area contributed by atoms with Crippen LogP contribution in [0.15, 0.2) is 40.7 Å². The first-order valence-corrected chi connectivity index (χ1v) is 6.73. The Kier molecular flexibility index (Phi) is 4.04. The Morgan fingerprint density at radius 3 is 3.00 bits per heavy atom. The van der Waals surface area contributed by atoms with E-state index in [0.717, 1.165) is 11.1 Å². The average Bonchev–Trinajstić information content (AvgIpc) is 3.02. The van der Waals surface area contributed by atoms with Gasteiger partial charge in [-0.05, 0) is 19.1 Å². The summed E-state index contributed by atoms with van der Waals surface area (Å²) in [6, 6.07) is 7.68. The molecule has 1 aromatic heterocycles. The molecule has 0 fully saturated rings. The van der Waals surface area contributed by atoms with E-state index in [1.165, 1.54) is 6.26 Å². The fraction of sp³-hybridized carbons (Fsp3) is 0.267. The second-order valence-corrected chi connectivity index (χ2v) is 4.65. The number of ether oxygens (including phenoxy) is 3. The van der Waals surface area contributed by atoms with Crippen LogP contribution in [-0.4, -0.2) is 29.4 Å². The summed E-state index contributed by atoms with van der Waals surface area (Å²) < 4.78 is 20.6. The number of carbonyl (C=O) groups excluding carboxylic acids is 1. The van der Waals surface area contributed by atoms with Crippen LogP contribution in [0.1, 0.15) is 11.5 Å². The normalized spacial score (nSPS) is 13.8. The molecule has 1 aliphatic rings. The number of esters is 1. The van der Waals surface area contributed by atoms with Crippen molar-refractivity contribution in [3.8, 4) is 11.5 Å². The molecule has 0 N–H and O–H groups in total. The van der Waals surface area contributed by atoms with Crippen molar-refractivity contribution in [2.75, 3.05) is 13.2 Å². The Labute approximate surface area is 126 Å². The zero-order chi connectivity index (χ0) is 15.4. The third-order valence-corrected chi connectivity index (χ3v) is 2.91. The molecule has 0 amide bonds. The lowest BCUT2D eigenvalue weighted by Gasteiger charge is -2.13. The highest BCUT2D eigenvalue weighted by Crippen LogP contribution is 2.19. The van der Waals surface area contributed by atoms with E-state index in [9.17, 15) is 4.79 Å². The van der Waals surface area contributed by atoms with E-state index >= 15 is 0 Å². The molecule has 3 rings (SSSR count). The summed E-state index contributed by atoms with van der Waals surface area (Å²) in [6.45, 7) is 2.58. The van der Waals surface area contributed by atoms with Gasteiger partial charge in [-0.25, -0.2) is 4.79 Å². The first-order valence-electron chi connectivity index (χ1n) is 6.73. The van der Waals surface area contributed by atoms with Crippen LogP contribution < -0.4 is 0 Å². The highest BCUT2D eigenvalue weighted by atomic mass is 16.6. The van der Waals surface area contributed by atoms with Crippen LogP contribution in [-0.2, 0) is 25.6 Å². The van der Waals surface area contributed by atoms with E-state index in [1.54, 1.807) is 0 Å². The smallest absolute Gasteiger partial charge is 0.377 e. The van der Waals surface area contributed by atoms with Crippen molar-refractivity contribution in [2.24, 2.45) is 0 Å². The van der Waals surface area contributed by atoms with E-state index in [4.69, 9.17) is 18.6 Å². The summed E-state index contributed by atoms with van der Waals surface area (Å²) in [6.07, 6.45) is 1.23. The molecule has 7 heteroatoms. The van der Waals surface area contributed by atoms with Crippen LogP contribution in [0.5, 0.6) is 0 Å². The summed E-state index contributed by atoms with van der Waals surface area (Å²) in [4.78, 5) is 11.7. The summed E-state index contributed by atoms with van der Waals surface area (Å²) in [7, 11) is 0. The molecule has 22 heavy (non-hydrogen) atoms. The van der Waals surface area contributed by atoms with Gasteiger partial charge in [0.05, 0.1) is 0 Å². The van der Waals surface area contributed by atoms with Crippen molar-refractivity contribution in [1.82, 2.24) is 10.2 Å². The van der Waals surface area contributed by atoms with Crippen molar-refractivity contribution < 1.29 is 23.4 Å². The first-order chi connectivity index (χ1) is 10.7. The van der Waals surface area contributed by atoms with E-state index in [1.807, 2.05) is 31.2 Å². The molecular weight excluding hydrogens is 288 g/mol. The number of hydrogen-bond donors (Lipinski definition) is 0. The maximum absolute atomic E-state index is 11.7. The summed E-state index contributed by atoms with van der Waals surface area (Å²) in [5.74, 6) is -0.00641. The Morgan fingerprint density at radius 1 is 1.32 bits per heavy atom. The van der Waals surface area contributed by atoms with E-state index in [-0.39, 0.29) is 18.3 Å². The fourth-order valence-electron chi connectivity index (χ4n) is 1.88. The monoisotopic (exact) mass is 302 g/mol. The number of nitrogens with zero attached hydrogens (tertiary/aromatic N) is 2. The maximum Gasteiger partial charge on any atom is 0.377 e. The number of carbonyl (C=O) groups is 1. The van der Waals surface area contributed by atoms with Gasteiger partial charge in [0.2, 0.25) is 11.6 Å². The molecule has 7 nitrogen and oxygen atoms in total.